The molecule has 17 heavy (non-hydrogen) atoms. The van der Waals surface area contributed by atoms with E-state index >= 15 is 0 Å². The monoisotopic (exact) mass is 253 g/mol. The summed E-state index contributed by atoms with van der Waals surface area (Å²) in [5.41, 5.74) is -0.0226. The first kappa shape index (κ1) is 12.5. The summed E-state index contributed by atoms with van der Waals surface area (Å²) in [6, 6.07) is 0. The van der Waals surface area contributed by atoms with Crippen molar-refractivity contribution >= 4 is 17.6 Å². The van der Waals surface area contributed by atoms with E-state index in [0.717, 1.165) is 6.54 Å². The molecule has 1 aromatic rings. The lowest BCUT2D eigenvalue weighted by molar-refractivity contribution is 0.379. The molecule has 1 saturated carbocycles. The Morgan fingerprint density at radius 3 is 2.88 bits per heavy atom. The Balaban J connectivity index is 2.06. The van der Waals surface area contributed by atoms with Gasteiger partial charge >= 0.3 is 0 Å². The fraction of sp³-hybridized carbons (Fsp3) is 0.667. The predicted molar refractivity (Wildman–Crippen MR) is 72.8 cm³/mol. The molecule has 0 aromatic carbocycles. The molecule has 1 fully saturated rings. The summed E-state index contributed by atoms with van der Waals surface area (Å²) >= 11 is 1.89. The lowest BCUT2D eigenvalue weighted by Gasteiger charge is -2.40. The van der Waals surface area contributed by atoms with Gasteiger partial charge in [-0.25, -0.2) is 4.98 Å². The summed E-state index contributed by atoms with van der Waals surface area (Å²) < 4.78 is 1.99. The zero-order valence-corrected chi connectivity index (χ0v) is 11.2. The highest BCUT2D eigenvalue weighted by Gasteiger charge is 2.36. The lowest BCUT2D eigenvalue weighted by atomic mass is 9.84. The van der Waals surface area contributed by atoms with Gasteiger partial charge in [0.25, 0.3) is 5.56 Å². The predicted octanol–water partition coefficient (Wildman–Crippen LogP) is 1.96. The molecule has 0 bridgehead atoms. The van der Waals surface area contributed by atoms with Crippen LogP contribution in [0.5, 0.6) is 0 Å². The van der Waals surface area contributed by atoms with Crippen molar-refractivity contribution in [1.29, 1.82) is 0 Å². The van der Waals surface area contributed by atoms with E-state index in [1.54, 1.807) is 17.0 Å². The second kappa shape index (κ2) is 5.12. The zero-order chi connectivity index (χ0) is 12.3. The van der Waals surface area contributed by atoms with E-state index in [4.69, 9.17) is 0 Å². The average molecular weight is 253 g/mol. The number of rotatable bonds is 5. The van der Waals surface area contributed by atoms with Gasteiger partial charge < -0.3 is 9.88 Å². The second-order valence-electron chi connectivity index (χ2n) is 4.46. The zero-order valence-electron chi connectivity index (χ0n) is 10.4. The fourth-order valence-corrected chi connectivity index (χ4v) is 3.00. The van der Waals surface area contributed by atoms with E-state index in [0.29, 0.717) is 17.1 Å². The smallest absolute Gasteiger partial charge is 0.293 e. The minimum atomic E-state index is -0.0226. The Kier molecular flexibility index (Phi) is 3.76. The molecule has 0 atom stereocenters. The summed E-state index contributed by atoms with van der Waals surface area (Å²) in [4.78, 5) is 16.1. The molecular weight excluding hydrogens is 234 g/mol. The Hall–Kier alpha value is -0.970. The normalized spacial score (nSPS) is 17.5. The molecule has 0 unspecified atom stereocenters. The molecule has 4 nitrogen and oxygen atoms in total. The molecule has 5 heteroatoms. The summed E-state index contributed by atoms with van der Waals surface area (Å²) in [6.45, 7) is 3.48. The van der Waals surface area contributed by atoms with Gasteiger partial charge in [0, 0.05) is 30.2 Å². The number of hydrogen-bond donors (Lipinski definition) is 1. The molecule has 0 saturated heterocycles. The van der Waals surface area contributed by atoms with E-state index in [9.17, 15) is 4.79 Å². The van der Waals surface area contributed by atoms with Crippen molar-refractivity contribution in [3.8, 4) is 0 Å². The number of anilines is 1. The number of thioether (sulfide) groups is 1. The number of hydrogen-bond acceptors (Lipinski definition) is 4. The van der Waals surface area contributed by atoms with E-state index in [2.05, 4.69) is 16.6 Å². The minimum absolute atomic E-state index is 0.0226. The van der Waals surface area contributed by atoms with Crippen LogP contribution in [0, 0.1) is 0 Å². The van der Waals surface area contributed by atoms with Crippen LogP contribution in [0.4, 0.5) is 5.82 Å². The molecule has 1 N–H and O–H groups in total. The van der Waals surface area contributed by atoms with E-state index in [1.807, 2.05) is 18.7 Å². The van der Waals surface area contributed by atoms with Gasteiger partial charge in [0.05, 0.1) is 0 Å². The van der Waals surface area contributed by atoms with Crippen LogP contribution in [0.1, 0.15) is 26.2 Å². The van der Waals surface area contributed by atoms with Crippen LogP contribution in [0.2, 0.25) is 0 Å². The van der Waals surface area contributed by atoms with Gasteiger partial charge in [0.15, 0.2) is 5.82 Å². The average Bonchev–Trinajstić information content (AvgIpc) is 2.30. The molecule has 0 amide bonds. The van der Waals surface area contributed by atoms with Crippen molar-refractivity contribution in [3.05, 3.63) is 22.7 Å². The van der Waals surface area contributed by atoms with Gasteiger partial charge in [-0.15, -0.1) is 0 Å². The second-order valence-corrected chi connectivity index (χ2v) is 5.74. The SMILES string of the molecule is CCn1ccnc(NCC2(SC)CCC2)c1=O. The molecule has 1 aliphatic rings. The van der Waals surface area contributed by atoms with Crippen LogP contribution in [0.3, 0.4) is 0 Å². The first-order valence-electron chi connectivity index (χ1n) is 6.05. The van der Waals surface area contributed by atoms with Gasteiger partial charge in [0.2, 0.25) is 0 Å². The first-order chi connectivity index (χ1) is 8.21. The maximum atomic E-state index is 11.9. The third-order valence-corrected chi connectivity index (χ3v) is 4.95. The van der Waals surface area contributed by atoms with Crippen LogP contribution < -0.4 is 10.9 Å². The number of aryl methyl sites for hydroxylation is 1. The minimum Gasteiger partial charge on any atom is -0.364 e. The molecule has 0 radical (unpaired) electrons. The maximum absolute atomic E-state index is 11.9. The number of nitrogens with zero attached hydrogens (tertiary/aromatic N) is 2. The van der Waals surface area contributed by atoms with Crippen molar-refractivity contribution in [2.45, 2.75) is 37.5 Å². The van der Waals surface area contributed by atoms with Gasteiger partial charge in [-0.3, -0.25) is 4.79 Å². The molecule has 1 aromatic heterocycles. The molecular formula is C12H19N3OS. The quantitative estimate of drug-likeness (QED) is 0.871. The first-order valence-corrected chi connectivity index (χ1v) is 7.28. The molecule has 0 spiro atoms. The third-order valence-electron chi connectivity index (χ3n) is 3.53. The van der Waals surface area contributed by atoms with Crippen molar-refractivity contribution in [2.75, 3.05) is 18.1 Å². The summed E-state index contributed by atoms with van der Waals surface area (Å²) in [6.07, 6.45) is 9.31. The Labute approximate surface area is 106 Å². The van der Waals surface area contributed by atoms with Crippen LogP contribution in [0.15, 0.2) is 17.2 Å². The Morgan fingerprint density at radius 1 is 1.59 bits per heavy atom. The number of nitrogens with one attached hydrogen (secondary N) is 1. The highest BCUT2D eigenvalue weighted by molar-refractivity contribution is 8.00. The van der Waals surface area contributed by atoms with Gasteiger partial charge in [0.1, 0.15) is 0 Å². The number of aromatic nitrogens is 2. The van der Waals surface area contributed by atoms with E-state index in [-0.39, 0.29) is 5.56 Å². The molecule has 2 rings (SSSR count). The van der Waals surface area contributed by atoms with Crippen LogP contribution in [-0.4, -0.2) is 27.1 Å². The molecule has 0 aliphatic heterocycles. The topological polar surface area (TPSA) is 46.9 Å². The van der Waals surface area contributed by atoms with Gasteiger partial charge in [-0.05, 0) is 26.0 Å². The van der Waals surface area contributed by atoms with Crippen molar-refractivity contribution in [1.82, 2.24) is 9.55 Å². The van der Waals surface area contributed by atoms with Gasteiger partial charge in [-0.1, -0.05) is 6.42 Å². The summed E-state index contributed by atoms with van der Waals surface area (Å²) in [5.74, 6) is 0.481. The van der Waals surface area contributed by atoms with E-state index in [1.165, 1.54) is 19.3 Å². The Bertz CT molecular complexity index is 434. The highest BCUT2D eigenvalue weighted by Crippen LogP contribution is 2.42. The van der Waals surface area contributed by atoms with Crippen molar-refractivity contribution in [3.63, 3.8) is 0 Å². The lowest BCUT2D eigenvalue weighted by Crippen LogP contribution is -2.41. The van der Waals surface area contributed by atoms with Crippen LogP contribution in [-0.2, 0) is 6.54 Å². The van der Waals surface area contributed by atoms with E-state index < -0.39 is 0 Å². The largest absolute Gasteiger partial charge is 0.364 e. The summed E-state index contributed by atoms with van der Waals surface area (Å²) in [7, 11) is 0. The van der Waals surface area contributed by atoms with Crippen LogP contribution >= 0.6 is 11.8 Å². The van der Waals surface area contributed by atoms with Crippen molar-refractivity contribution in [2.24, 2.45) is 0 Å². The Morgan fingerprint density at radius 2 is 2.35 bits per heavy atom. The third kappa shape index (κ3) is 2.49. The van der Waals surface area contributed by atoms with Crippen LogP contribution in [0.25, 0.3) is 0 Å². The molecule has 94 valence electrons. The molecule has 1 aliphatic carbocycles. The standard InChI is InChI=1S/C12H19N3OS/c1-3-15-8-7-13-10(11(15)16)14-9-12(17-2)5-4-6-12/h7-8H,3-6,9H2,1-2H3,(H,13,14). The molecule has 1 heterocycles. The van der Waals surface area contributed by atoms with Crippen molar-refractivity contribution < 1.29 is 0 Å². The van der Waals surface area contributed by atoms with Gasteiger partial charge in [-0.2, -0.15) is 11.8 Å². The highest BCUT2D eigenvalue weighted by atomic mass is 32.2. The maximum Gasteiger partial charge on any atom is 0.293 e. The summed E-state index contributed by atoms with van der Waals surface area (Å²) in [5, 5.41) is 3.22. The fourth-order valence-electron chi connectivity index (χ4n) is 2.09.